The second-order valence-electron chi connectivity index (χ2n) is 5.81. The van der Waals surface area contributed by atoms with Gasteiger partial charge in [0.2, 0.25) is 5.91 Å². The zero-order chi connectivity index (χ0) is 16.2. The lowest BCUT2D eigenvalue weighted by molar-refractivity contribution is -0.131. The highest BCUT2D eigenvalue weighted by atomic mass is 32.2. The van der Waals surface area contributed by atoms with Gasteiger partial charge < -0.3 is 14.8 Å². The van der Waals surface area contributed by atoms with Crippen molar-refractivity contribution in [1.82, 2.24) is 19.8 Å². The van der Waals surface area contributed by atoms with Gasteiger partial charge in [-0.2, -0.15) is 0 Å². The van der Waals surface area contributed by atoms with Crippen LogP contribution in [0.2, 0.25) is 0 Å². The van der Waals surface area contributed by atoms with Crippen LogP contribution in [0.15, 0.2) is 41.6 Å². The number of nitrogens with zero attached hydrogens (tertiary/aromatic N) is 3. The van der Waals surface area contributed by atoms with Crippen LogP contribution in [-0.4, -0.2) is 45.7 Å². The third-order valence-corrected chi connectivity index (χ3v) is 5.10. The van der Waals surface area contributed by atoms with Gasteiger partial charge in [-0.1, -0.05) is 17.7 Å². The molecule has 1 N–H and O–H groups in total. The molecule has 0 bridgehead atoms. The number of carbonyl (C=O) groups is 1. The first-order valence-electron chi connectivity index (χ1n) is 7.82. The lowest BCUT2D eigenvalue weighted by atomic mass is 10.1. The molecule has 1 unspecified atom stereocenters. The van der Waals surface area contributed by atoms with E-state index < -0.39 is 0 Å². The highest BCUT2D eigenvalue weighted by molar-refractivity contribution is 8.00. The van der Waals surface area contributed by atoms with Crippen molar-refractivity contribution in [2.45, 2.75) is 17.9 Å². The number of rotatable bonds is 4. The molecule has 0 radical (unpaired) electrons. The van der Waals surface area contributed by atoms with E-state index in [1.807, 2.05) is 22.7 Å². The van der Waals surface area contributed by atoms with Gasteiger partial charge in [0.25, 0.3) is 0 Å². The molecule has 1 aromatic heterocycles. The molecule has 3 rings (SSSR count). The molecule has 1 atom stereocenters. The molecule has 1 aliphatic rings. The predicted octanol–water partition coefficient (Wildman–Crippen LogP) is 1.99. The topological polar surface area (TPSA) is 50.2 Å². The molecule has 23 heavy (non-hydrogen) atoms. The van der Waals surface area contributed by atoms with E-state index in [0.717, 1.165) is 30.4 Å². The van der Waals surface area contributed by atoms with Crippen molar-refractivity contribution < 1.29 is 4.79 Å². The molecular formula is C17H22N4OS. The summed E-state index contributed by atoms with van der Waals surface area (Å²) in [4.78, 5) is 20.2. The standard InChI is InChI=1S/C17H22N4OS/c1-13-3-5-14(6-4-13)23-12-16(22)21-10-7-18-11-15(21)17-19-8-9-20(17)2/h3-6,8-9,15,18H,7,10-12H2,1-2H3. The third-order valence-electron chi connectivity index (χ3n) is 4.10. The molecule has 0 spiro atoms. The van der Waals surface area contributed by atoms with Crippen molar-refractivity contribution >= 4 is 17.7 Å². The van der Waals surface area contributed by atoms with Gasteiger partial charge in [0, 0.05) is 44.0 Å². The zero-order valence-electron chi connectivity index (χ0n) is 13.5. The minimum Gasteiger partial charge on any atom is -0.336 e. The first-order chi connectivity index (χ1) is 11.1. The summed E-state index contributed by atoms with van der Waals surface area (Å²) in [7, 11) is 1.97. The Kier molecular flexibility index (Phi) is 5.03. The van der Waals surface area contributed by atoms with Crippen LogP contribution in [0.5, 0.6) is 0 Å². The van der Waals surface area contributed by atoms with Gasteiger partial charge >= 0.3 is 0 Å². The number of imidazole rings is 1. The van der Waals surface area contributed by atoms with E-state index in [-0.39, 0.29) is 11.9 Å². The summed E-state index contributed by atoms with van der Waals surface area (Å²) in [5.74, 6) is 1.57. The summed E-state index contributed by atoms with van der Waals surface area (Å²) in [5, 5.41) is 3.36. The molecule has 2 aromatic rings. The highest BCUT2D eigenvalue weighted by Crippen LogP contribution is 2.24. The van der Waals surface area contributed by atoms with E-state index in [0.29, 0.717) is 5.75 Å². The van der Waals surface area contributed by atoms with Crippen LogP contribution in [0.4, 0.5) is 0 Å². The maximum absolute atomic E-state index is 12.7. The van der Waals surface area contributed by atoms with Crippen LogP contribution >= 0.6 is 11.8 Å². The normalized spacial score (nSPS) is 18.2. The Morgan fingerprint density at radius 3 is 2.87 bits per heavy atom. The molecule has 2 heterocycles. The summed E-state index contributed by atoms with van der Waals surface area (Å²) >= 11 is 1.60. The second kappa shape index (κ2) is 7.19. The average molecular weight is 330 g/mol. The summed E-state index contributed by atoms with van der Waals surface area (Å²) < 4.78 is 1.99. The highest BCUT2D eigenvalue weighted by Gasteiger charge is 2.30. The van der Waals surface area contributed by atoms with Crippen LogP contribution < -0.4 is 5.32 Å². The molecule has 1 fully saturated rings. The SMILES string of the molecule is Cc1ccc(SCC(=O)N2CCNCC2c2nccn2C)cc1. The molecule has 122 valence electrons. The number of hydrogen-bond acceptors (Lipinski definition) is 4. The van der Waals surface area contributed by atoms with E-state index in [4.69, 9.17) is 0 Å². The first kappa shape index (κ1) is 16.1. The van der Waals surface area contributed by atoms with Crippen molar-refractivity contribution in [3.63, 3.8) is 0 Å². The molecular weight excluding hydrogens is 308 g/mol. The number of amides is 1. The Morgan fingerprint density at radius 1 is 1.39 bits per heavy atom. The number of piperazine rings is 1. The van der Waals surface area contributed by atoms with Gasteiger partial charge in [0.15, 0.2) is 0 Å². The Hall–Kier alpha value is -1.79. The van der Waals surface area contributed by atoms with E-state index >= 15 is 0 Å². The molecule has 1 saturated heterocycles. The minimum atomic E-state index is 0.00914. The smallest absolute Gasteiger partial charge is 0.233 e. The number of benzene rings is 1. The fourth-order valence-corrected chi connectivity index (χ4v) is 3.58. The Balaban J connectivity index is 1.66. The van der Waals surface area contributed by atoms with E-state index in [9.17, 15) is 4.79 Å². The Morgan fingerprint density at radius 2 is 2.17 bits per heavy atom. The minimum absolute atomic E-state index is 0.00914. The van der Waals surface area contributed by atoms with Crippen molar-refractivity contribution in [3.8, 4) is 0 Å². The van der Waals surface area contributed by atoms with Gasteiger partial charge in [-0.15, -0.1) is 11.8 Å². The third kappa shape index (κ3) is 3.76. The number of carbonyl (C=O) groups excluding carboxylic acids is 1. The van der Waals surface area contributed by atoms with E-state index in [1.54, 1.807) is 18.0 Å². The fourth-order valence-electron chi connectivity index (χ4n) is 2.79. The zero-order valence-corrected chi connectivity index (χ0v) is 14.3. The maximum Gasteiger partial charge on any atom is 0.233 e. The molecule has 0 aliphatic carbocycles. The number of hydrogen-bond donors (Lipinski definition) is 1. The van der Waals surface area contributed by atoms with E-state index in [1.165, 1.54) is 5.56 Å². The number of nitrogens with one attached hydrogen (secondary N) is 1. The Labute approximate surface area is 141 Å². The Bertz CT molecular complexity index is 667. The lowest BCUT2D eigenvalue weighted by Crippen LogP contribution is -2.50. The summed E-state index contributed by atoms with van der Waals surface area (Å²) in [6, 6.07) is 8.31. The molecule has 0 saturated carbocycles. The van der Waals surface area contributed by atoms with Crippen molar-refractivity contribution in [1.29, 1.82) is 0 Å². The average Bonchev–Trinajstić information content (AvgIpc) is 3.00. The molecule has 1 amide bonds. The van der Waals surface area contributed by atoms with Gasteiger partial charge in [-0.05, 0) is 19.1 Å². The van der Waals surface area contributed by atoms with Gasteiger partial charge in [0.05, 0.1) is 5.75 Å². The van der Waals surface area contributed by atoms with Crippen molar-refractivity contribution in [2.75, 3.05) is 25.4 Å². The summed E-state index contributed by atoms with van der Waals surface area (Å²) in [5.41, 5.74) is 1.23. The number of aryl methyl sites for hydroxylation is 2. The van der Waals surface area contributed by atoms with Crippen LogP contribution in [0.3, 0.4) is 0 Å². The van der Waals surface area contributed by atoms with Gasteiger partial charge in [-0.25, -0.2) is 4.98 Å². The molecule has 6 heteroatoms. The summed E-state index contributed by atoms with van der Waals surface area (Å²) in [6.07, 6.45) is 3.71. The van der Waals surface area contributed by atoms with Crippen LogP contribution in [0.1, 0.15) is 17.4 Å². The fraction of sp³-hybridized carbons (Fsp3) is 0.412. The first-order valence-corrected chi connectivity index (χ1v) is 8.80. The molecule has 1 aliphatic heterocycles. The quantitative estimate of drug-likeness (QED) is 0.871. The van der Waals surface area contributed by atoms with Crippen molar-refractivity contribution in [2.24, 2.45) is 7.05 Å². The van der Waals surface area contributed by atoms with Gasteiger partial charge in [0.1, 0.15) is 11.9 Å². The second-order valence-corrected chi connectivity index (χ2v) is 6.85. The number of aromatic nitrogens is 2. The molecule has 1 aromatic carbocycles. The van der Waals surface area contributed by atoms with Gasteiger partial charge in [-0.3, -0.25) is 4.79 Å². The van der Waals surface area contributed by atoms with Crippen LogP contribution in [0, 0.1) is 6.92 Å². The maximum atomic E-state index is 12.7. The van der Waals surface area contributed by atoms with Crippen LogP contribution in [0.25, 0.3) is 0 Å². The largest absolute Gasteiger partial charge is 0.336 e. The predicted molar refractivity (Wildman–Crippen MR) is 92.4 cm³/mol. The monoisotopic (exact) mass is 330 g/mol. The molecule has 5 nitrogen and oxygen atoms in total. The van der Waals surface area contributed by atoms with Crippen LogP contribution in [-0.2, 0) is 11.8 Å². The van der Waals surface area contributed by atoms with Crippen molar-refractivity contribution in [3.05, 3.63) is 48.0 Å². The summed E-state index contributed by atoms with van der Waals surface area (Å²) in [6.45, 7) is 4.39. The number of thioether (sulfide) groups is 1. The van der Waals surface area contributed by atoms with E-state index in [2.05, 4.69) is 41.5 Å². The lowest BCUT2D eigenvalue weighted by Gasteiger charge is -2.35.